The lowest BCUT2D eigenvalue weighted by atomic mass is 10.1. The second-order valence-electron chi connectivity index (χ2n) is 4.56. The smallest absolute Gasteiger partial charge is 0.137 e. The molecule has 0 saturated carbocycles. The topological polar surface area (TPSA) is 64.3 Å². The SMILES string of the molecule is CCOC1CCN(c2ncnc(N)c2CC)CC1. The molecule has 100 valence electrons. The second-order valence-corrected chi connectivity index (χ2v) is 4.56. The number of anilines is 2. The van der Waals surface area contributed by atoms with Crippen molar-refractivity contribution in [1.29, 1.82) is 0 Å². The van der Waals surface area contributed by atoms with E-state index in [1.165, 1.54) is 0 Å². The van der Waals surface area contributed by atoms with Gasteiger partial charge >= 0.3 is 0 Å². The van der Waals surface area contributed by atoms with E-state index >= 15 is 0 Å². The van der Waals surface area contributed by atoms with E-state index in [1.807, 2.05) is 6.92 Å². The highest BCUT2D eigenvalue weighted by Gasteiger charge is 2.22. The van der Waals surface area contributed by atoms with Gasteiger partial charge in [-0.25, -0.2) is 9.97 Å². The molecule has 0 bridgehead atoms. The summed E-state index contributed by atoms with van der Waals surface area (Å²) in [5.41, 5.74) is 6.97. The van der Waals surface area contributed by atoms with Crippen LogP contribution in [0.4, 0.5) is 11.6 Å². The molecule has 2 heterocycles. The minimum absolute atomic E-state index is 0.399. The zero-order valence-electron chi connectivity index (χ0n) is 11.2. The van der Waals surface area contributed by atoms with Crippen molar-refractivity contribution in [3.8, 4) is 0 Å². The fraction of sp³-hybridized carbons (Fsp3) is 0.692. The van der Waals surface area contributed by atoms with Crippen molar-refractivity contribution in [2.75, 3.05) is 30.3 Å². The van der Waals surface area contributed by atoms with E-state index in [2.05, 4.69) is 21.8 Å². The number of hydrogen-bond donors (Lipinski definition) is 1. The van der Waals surface area contributed by atoms with Gasteiger partial charge in [0, 0.05) is 25.3 Å². The van der Waals surface area contributed by atoms with Gasteiger partial charge in [-0.3, -0.25) is 0 Å². The molecule has 0 aliphatic carbocycles. The first-order valence-electron chi connectivity index (χ1n) is 6.72. The number of rotatable bonds is 4. The van der Waals surface area contributed by atoms with Gasteiger partial charge in [0.15, 0.2) is 0 Å². The quantitative estimate of drug-likeness (QED) is 0.879. The van der Waals surface area contributed by atoms with Gasteiger partial charge in [0.05, 0.1) is 6.10 Å². The minimum atomic E-state index is 0.399. The Morgan fingerprint density at radius 2 is 2.06 bits per heavy atom. The van der Waals surface area contributed by atoms with Gasteiger partial charge in [-0.05, 0) is 26.2 Å². The fourth-order valence-electron chi connectivity index (χ4n) is 2.50. The van der Waals surface area contributed by atoms with E-state index in [-0.39, 0.29) is 0 Å². The predicted octanol–water partition coefficient (Wildman–Crippen LogP) is 1.63. The first kappa shape index (κ1) is 13.1. The standard InChI is InChI=1S/C13H22N4O/c1-3-11-12(14)15-9-16-13(11)17-7-5-10(6-8-17)18-4-2/h9-10H,3-8H2,1-2H3,(H2,14,15,16). The van der Waals surface area contributed by atoms with E-state index in [0.717, 1.165) is 50.3 Å². The number of hydrogen-bond acceptors (Lipinski definition) is 5. The molecule has 0 spiro atoms. The van der Waals surface area contributed by atoms with Crippen molar-refractivity contribution < 1.29 is 4.74 Å². The van der Waals surface area contributed by atoms with Crippen molar-refractivity contribution >= 4 is 11.6 Å². The van der Waals surface area contributed by atoms with Crippen LogP contribution in [0, 0.1) is 0 Å². The Kier molecular flexibility index (Phi) is 4.36. The van der Waals surface area contributed by atoms with E-state index < -0.39 is 0 Å². The Balaban J connectivity index is 2.07. The lowest BCUT2D eigenvalue weighted by Gasteiger charge is -2.33. The Morgan fingerprint density at radius 1 is 1.33 bits per heavy atom. The first-order chi connectivity index (χ1) is 8.76. The third-order valence-corrected chi connectivity index (χ3v) is 3.45. The first-order valence-corrected chi connectivity index (χ1v) is 6.72. The molecule has 1 aliphatic rings. The molecule has 5 heteroatoms. The van der Waals surface area contributed by atoms with Crippen molar-refractivity contribution in [3.05, 3.63) is 11.9 Å². The monoisotopic (exact) mass is 250 g/mol. The largest absolute Gasteiger partial charge is 0.383 e. The van der Waals surface area contributed by atoms with Gasteiger partial charge in [0.25, 0.3) is 0 Å². The van der Waals surface area contributed by atoms with Crippen LogP contribution < -0.4 is 10.6 Å². The number of nitrogens with zero attached hydrogens (tertiary/aromatic N) is 3. The van der Waals surface area contributed by atoms with Crippen LogP contribution >= 0.6 is 0 Å². The molecule has 0 atom stereocenters. The van der Waals surface area contributed by atoms with E-state index in [4.69, 9.17) is 10.5 Å². The van der Waals surface area contributed by atoms with Crippen LogP contribution in [0.25, 0.3) is 0 Å². The molecule has 0 amide bonds. The van der Waals surface area contributed by atoms with Crippen molar-refractivity contribution in [2.24, 2.45) is 0 Å². The van der Waals surface area contributed by atoms with Gasteiger partial charge in [-0.2, -0.15) is 0 Å². The third kappa shape index (κ3) is 2.72. The fourth-order valence-corrected chi connectivity index (χ4v) is 2.50. The molecule has 18 heavy (non-hydrogen) atoms. The summed E-state index contributed by atoms with van der Waals surface area (Å²) in [5.74, 6) is 1.61. The highest BCUT2D eigenvalue weighted by atomic mass is 16.5. The van der Waals surface area contributed by atoms with Crippen molar-refractivity contribution in [3.63, 3.8) is 0 Å². The van der Waals surface area contributed by atoms with Crippen LogP contribution in [0.2, 0.25) is 0 Å². The van der Waals surface area contributed by atoms with Crippen LogP contribution in [0.5, 0.6) is 0 Å². The predicted molar refractivity (Wildman–Crippen MR) is 72.7 cm³/mol. The van der Waals surface area contributed by atoms with Gasteiger partial charge < -0.3 is 15.4 Å². The summed E-state index contributed by atoms with van der Waals surface area (Å²) in [7, 11) is 0. The van der Waals surface area contributed by atoms with E-state index in [1.54, 1.807) is 6.33 Å². The molecule has 0 unspecified atom stereocenters. The van der Waals surface area contributed by atoms with Crippen LogP contribution in [0.15, 0.2) is 6.33 Å². The maximum atomic E-state index is 5.91. The highest BCUT2D eigenvalue weighted by molar-refractivity contribution is 5.56. The molecule has 2 N–H and O–H groups in total. The van der Waals surface area contributed by atoms with Crippen LogP contribution in [0.3, 0.4) is 0 Å². The molecule has 1 saturated heterocycles. The maximum absolute atomic E-state index is 5.91. The van der Waals surface area contributed by atoms with Crippen LogP contribution in [0.1, 0.15) is 32.3 Å². The molecule has 1 aromatic heterocycles. The normalized spacial score (nSPS) is 17.1. The van der Waals surface area contributed by atoms with Gasteiger partial charge in [-0.1, -0.05) is 6.92 Å². The molecule has 0 radical (unpaired) electrons. The third-order valence-electron chi connectivity index (χ3n) is 3.45. The van der Waals surface area contributed by atoms with Crippen molar-refractivity contribution in [2.45, 2.75) is 39.2 Å². The minimum Gasteiger partial charge on any atom is -0.383 e. The Bertz CT molecular complexity index is 389. The highest BCUT2D eigenvalue weighted by Crippen LogP contribution is 2.25. The number of nitrogens with two attached hydrogens (primary N) is 1. The summed E-state index contributed by atoms with van der Waals surface area (Å²) >= 11 is 0. The zero-order valence-corrected chi connectivity index (χ0v) is 11.2. The summed E-state index contributed by atoms with van der Waals surface area (Å²) in [6.45, 7) is 6.89. The Morgan fingerprint density at radius 3 is 2.67 bits per heavy atom. The van der Waals surface area contributed by atoms with Gasteiger partial charge in [-0.15, -0.1) is 0 Å². The van der Waals surface area contributed by atoms with Crippen LogP contribution in [-0.4, -0.2) is 35.8 Å². The average molecular weight is 250 g/mol. The van der Waals surface area contributed by atoms with Gasteiger partial charge in [0.2, 0.25) is 0 Å². The van der Waals surface area contributed by atoms with Crippen molar-refractivity contribution in [1.82, 2.24) is 9.97 Å². The lowest BCUT2D eigenvalue weighted by Crippen LogP contribution is -2.38. The summed E-state index contributed by atoms with van der Waals surface area (Å²) in [6, 6.07) is 0. The summed E-state index contributed by atoms with van der Waals surface area (Å²) in [4.78, 5) is 10.8. The second kappa shape index (κ2) is 6.00. The van der Waals surface area contributed by atoms with Gasteiger partial charge in [0.1, 0.15) is 18.0 Å². The number of nitrogen functional groups attached to an aromatic ring is 1. The lowest BCUT2D eigenvalue weighted by molar-refractivity contribution is 0.0458. The molecular formula is C13H22N4O. The summed E-state index contributed by atoms with van der Waals surface area (Å²) in [5, 5.41) is 0. The zero-order chi connectivity index (χ0) is 13.0. The number of aromatic nitrogens is 2. The molecular weight excluding hydrogens is 228 g/mol. The average Bonchev–Trinajstić information content (AvgIpc) is 2.40. The van der Waals surface area contributed by atoms with E-state index in [9.17, 15) is 0 Å². The maximum Gasteiger partial charge on any atom is 0.137 e. The molecule has 0 aromatic carbocycles. The van der Waals surface area contributed by atoms with Crippen LogP contribution in [-0.2, 0) is 11.2 Å². The Labute approximate surface area is 108 Å². The molecule has 1 aliphatic heterocycles. The Hall–Kier alpha value is -1.36. The number of piperidine rings is 1. The number of ether oxygens (including phenoxy) is 1. The molecule has 2 rings (SSSR count). The molecule has 5 nitrogen and oxygen atoms in total. The summed E-state index contributed by atoms with van der Waals surface area (Å²) in [6.07, 6.45) is 4.93. The molecule has 1 aromatic rings. The van der Waals surface area contributed by atoms with E-state index in [0.29, 0.717) is 11.9 Å². The molecule has 1 fully saturated rings. The summed E-state index contributed by atoms with van der Waals surface area (Å²) < 4.78 is 5.66.